The van der Waals surface area contributed by atoms with Crippen molar-refractivity contribution < 1.29 is 22.3 Å². The highest BCUT2D eigenvalue weighted by molar-refractivity contribution is 7.89. The maximum absolute atomic E-state index is 14.5. The summed E-state index contributed by atoms with van der Waals surface area (Å²) in [5.74, 6) is -1.39. The number of nitrogens with zero attached hydrogens (tertiary/aromatic N) is 2. The van der Waals surface area contributed by atoms with E-state index in [0.717, 1.165) is 22.9 Å². The Morgan fingerprint density at radius 3 is 2.43 bits per heavy atom. The van der Waals surface area contributed by atoms with Crippen LogP contribution in [0.3, 0.4) is 0 Å². The largest absolute Gasteiger partial charge is 0.379 e. The Balaban J connectivity index is 1.67. The molecule has 30 heavy (non-hydrogen) atoms. The Bertz CT molecular complexity index is 1210. The fraction of sp³-hybridized carbons (Fsp3) is 0.227. The molecule has 1 heterocycles. The lowest BCUT2D eigenvalue weighted by Gasteiger charge is -2.26. The van der Waals surface area contributed by atoms with Crippen molar-refractivity contribution in [2.75, 3.05) is 38.3 Å². The maximum Gasteiger partial charge on any atom is 0.261 e. The van der Waals surface area contributed by atoms with Gasteiger partial charge in [-0.1, -0.05) is 30.3 Å². The molecule has 0 aliphatic carbocycles. The summed E-state index contributed by atoms with van der Waals surface area (Å²) < 4.78 is 46.7. The lowest BCUT2D eigenvalue weighted by atomic mass is 10.1. The molecule has 6 nitrogen and oxygen atoms in total. The van der Waals surface area contributed by atoms with Gasteiger partial charge in [0, 0.05) is 25.8 Å². The van der Waals surface area contributed by atoms with Crippen molar-refractivity contribution in [2.45, 2.75) is 4.90 Å². The normalized spacial score (nSPS) is 15.3. The summed E-state index contributed by atoms with van der Waals surface area (Å²) in [6, 6.07) is 16.5. The third kappa shape index (κ3) is 3.81. The van der Waals surface area contributed by atoms with E-state index in [1.54, 1.807) is 6.07 Å². The van der Waals surface area contributed by atoms with Crippen LogP contribution in [0.25, 0.3) is 10.8 Å². The molecule has 0 N–H and O–H groups in total. The first kappa shape index (κ1) is 20.5. The second-order valence-corrected chi connectivity index (χ2v) is 8.99. The van der Waals surface area contributed by atoms with Gasteiger partial charge in [0.25, 0.3) is 5.91 Å². The maximum atomic E-state index is 14.5. The van der Waals surface area contributed by atoms with Crippen LogP contribution in [0.1, 0.15) is 10.4 Å². The third-order valence-corrected chi connectivity index (χ3v) is 7.10. The van der Waals surface area contributed by atoms with E-state index in [9.17, 15) is 17.6 Å². The summed E-state index contributed by atoms with van der Waals surface area (Å²) in [5.41, 5.74) is 0.291. The molecule has 1 aliphatic rings. The number of carbonyl (C=O) groups excluding carboxylic acids is 1. The Labute approximate surface area is 174 Å². The number of halogens is 1. The number of amides is 1. The number of sulfonamides is 1. The first-order valence-electron chi connectivity index (χ1n) is 9.52. The molecule has 1 aliphatic heterocycles. The molecule has 4 rings (SSSR count). The number of hydrogen-bond donors (Lipinski definition) is 0. The van der Waals surface area contributed by atoms with Gasteiger partial charge >= 0.3 is 0 Å². The van der Waals surface area contributed by atoms with Crippen LogP contribution >= 0.6 is 0 Å². The zero-order valence-electron chi connectivity index (χ0n) is 16.4. The SMILES string of the molecule is CN(C(=O)c1cc(S(=O)(=O)N2CCOCC2)ccc1F)c1ccc2ccccc2c1. The zero-order chi connectivity index (χ0) is 21.3. The number of rotatable bonds is 4. The van der Waals surface area contributed by atoms with Gasteiger partial charge in [-0.3, -0.25) is 4.79 Å². The van der Waals surface area contributed by atoms with Gasteiger partial charge in [-0.2, -0.15) is 4.31 Å². The van der Waals surface area contributed by atoms with Crippen molar-refractivity contribution in [3.05, 3.63) is 72.0 Å². The van der Waals surface area contributed by atoms with Crippen molar-refractivity contribution in [3.63, 3.8) is 0 Å². The second-order valence-electron chi connectivity index (χ2n) is 7.05. The van der Waals surface area contributed by atoms with E-state index in [4.69, 9.17) is 4.74 Å². The van der Waals surface area contributed by atoms with Crippen LogP contribution in [0.2, 0.25) is 0 Å². The molecule has 0 atom stereocenters. The highest BCUT2D eigenvalue weighted by Gasteiger charge is 2.28. The van der Waals surface area contributed by atoms with Gasteiger partial charge in [-0.15, -0.1) is 0 Å². The number of hydrogen-bond acceptors (Lipinski definition) is 4. The van der Waals surface area contributed by atoms with Gasteiger partial charge in [0.15, 0.2) is 0 Å². The van der Waals surface area contributed by atoms with Crippen molar-refractivity contribution in [3.8, 4) is 0 Å². The molecule has 0 radical (unpaired) electrons. The van der Waals surface area contributed by atoms with Crippen LogP contribution in [-0.2, 0) is 14.8 Å². The van der Waals surface area contributed by atoms with Gasteiger partial charge in [0.2, 0.25) is 10.0 Å². The van der Waals surface area contributed by atoms with Crippen LogP contribution in [0.4, 0.5) is 10.1 Å². The molecular formula is C22H21FN2O4S. The Morgan fingerprint density at radius 1 is 1.00 bits per heavy atom. The molecule has 0 bridgehead atoms. The predicted octanol–water partition coefficient (Wildman–Crippen LogP) is 3.28. The van der Waals surface area contributed by atoms with E-state index in [1.807, 2.05) is 36.4 Å². The van der Waals surface area contributed by atoms with Gasteiger partial charge < -0.3 is 9.64 Å². The molecule has 1 amide bonds. The second kappa shape index (κ2) is 8.14. The van der Waals surface area contributed by atoms with E-state index in [1.165, 1.54) is 22.3 Å². The van der Waals surface area contributed by atoms with E-state index < -0.39 is 21.7 Å². The predicted molar refractivity (Wildman–Crippen MR) is 113 cm³/mol. The molecule has 3 aromatic carbocycles. The van der Waals surface area contributed by atoms with Crippen molar-refractivity contribution in [1.82, 2.24) is 4.31 Å². The van der Waals surface area contributed by atoms with Crippen LogP contribution in [0.15, 0.2) is 65.6 Å². The highest BCUT2D eigenvalue weighted by Crippen LogP contribution is 2.25. The number of benzene rings is 3. The molecule has 1 saturated heterocycles. The zero-order valence-corrected chi connectivity index (χ0v) is 17.2. The van der Waals surface area contributed by atoms with E-state index in [0.29, 0.717) is 18.9 Å². The number of anilines is 1. The average Bonchev–Trinajstić information content (AvgIpc) is 2.78. The van der Waals surface area contributed by atoms with Crippen LogP contribution < -0.4 is 4.90 Å². The molecule has 1 fully saturated rings. The van der Waals surface area contributed by atoms with Gasteiger partial charge in [0.1, 0.15) is 5.82 Å². The first-order chi connectivity index (χ1) is 14.4. The number of morpholine rings is 1. The summed E-state index contributed by atoms with van der Waals surface area (Å²) in [5, 5.41) is 1.96. The molecule has 8 heteroatoms. The van der Waals surface area contributed by atoms with E-state index >= 15 is 0 Å². The lowest BCUT2D eigenvalue weighted by Crippen LogP contribution is -2.40. The van der Waals surface area contributed by atoms with E-state index in [-0.39, 0.29) is 23.5 Å². The molecule has 0 saturated carbocycles. The summed E-state index contributed by atoms with van der Waals surface area (Å²) in [4.78, 5) is 14.2. The number of ether oxygens (including phenoxy) is 1. The smallest absolute Gasteiger partial charge is 0.261 e. The molecule has 0 unspecified atom stereocenters. The number of carbonyl (C=O) groups is 1. The number of fused-ring (bicyclic) bond motifs is 1. The Morgan fingerprint density at radius 2 is 1.70 bits per heavy atom. The molecular weight excluding hydrogens is 407 g/mol. The monoisotopic (exact) mass is 428 g/mol. The molecule has 0 spiro atoms. The minimum Gasteiger partial charge on any atom is -0.379 e. The fourth-order valence-electron chi connectivity index (χ4n) is 3.45. The van der Waals surface area contributed by atoms with Crippen LogP contribution in [0, 0.1) is 5.82 Å². The van der Waals surface area contributed by atoms with Gasteiger partial charge in [-0.25, -0.2) is 12.8 Å². The summed E-state index contributed by atoms with van der Waals surface area (Å²) in [7, 11) is -2.30. The van der Waals surface area contributed by atoms with Crippen molar-refractivity contribution >= 4 is 32.4 Å². The van der Waals surface area contributed by atoms with Gasteiger partial charge in [-0.05, 0) is 41.1 Å². The average molecular weight is 428 g/mol. The minimum atomic E-state index is -3.84. The Kier molecular flexibility index (Phi) is 5.55. The third-order valence-electron chi connectivity index (χ3n) is 5.20. The first-order valence-corrected chi connectivity index (χ1v) is 11.0. The standard InChI is InChI=1S/C22H21FN2O4S/c1-24(18-7-6-16-4-2-3-5-17(16)14-18)22(26)20-15-19(8-9-21(20)23)30(27,28)25-10-12-29-13-11-25/h2-9,14-15H,10-13H2,1H3. The highest BCUT2D eigenvalue weighted by atomic mass is 32.2. The Hall–Kier alpha value is -2.81. The van der Waals surface area contributed by atoms with Crippen molar-refractivity contribution in [1.29, 1.82) is 0 Å². The molecule has 0 aromatic heterocycles. The molecule has 3 aromatic rings. The van der Waals surface area contributed by atoms with Crippen LogP contribution in [-0.4, -0.2) is 52.0 Å². The van der Waals surface area contributed by atoms with Crippen molar-refractivity contribution in [2.24, 2.45) is 0 Å². The minimum absolute atomic E-state index is 0.110. The summed E-state index contributed by atoms with van der Waals surface area (Å²) in [6.07, 6.45) is 0. The summed E-state index contributed by atoms with van der Waals surface area (Å²) >= 11 is 0. The fourth-order valence-corrected chi connectivity index (χ4v) is 4.88. The quantitative estimate of drug-likeness (QED) is 0.640. The van der Waals surface area contributed by atoms with Crippen LogP contribution in [0.5, 0.6) is 0 Å². The molecule has 156 valence electrons. The summed E-state index contributed by atoms with van der Waals surface area (Å²) in [6.45, 7) is 1.05. The van der Waals surface area contributed by atoms with Gasteiger partial charge in [0.05, 0.1) is 23.7 Å². The van der Waals surface area contributed by atoms with E-state index in [2.05, 4.69) is 0 Å². The lowest BCUT2D eigenvalue weighted by molar-refractivity contribution is 0.0730. The topological polar surface area (TPSA) is 66.9 Å².